The molecule has 2 aromatic carbocycles. The predicted octanol–water partition coefficient (Wildman–Crippen LogP) is 4.51. The molecular formula is C18H18. The van der Waals surface area contributed by atoms with Crippen molar-refractivity contribution in [3.05, 3.63) is 57.6 Å². The molecule has 0 saturated carbocycles. The summed E-state index contributed by atoms with van der Waals surface area (Å²) in [6.45, 7) is 9.18. The van der Waals surface area contributed by atoms with E-state index >= 15 is 0 Å². The van der Waals surface area contributed by atoms with Gasteiger partial charge in [-0.3, -0.25) is 0 Å². The molecule has 0 fully saturated rings. The Morgan fingerprint density at radius 1 is 0.778 bits per heavy atom. The van der Waals surface area contributed by atoms with Crippen molar-refractivity contribution >= 4 is 0 Å². The van der Waals surface area contributed by atoms with Gasteiger partial charge in [0.1, 0.15) is 0 Å². The zero-order valence-corrected chi connectivity index (χ0v) is 11.5. The Hall–Kier alpha value is -1.56. The molecule has 2 aliphatic carbocycles. The lowest BCUT2D eigenvalue weighted by molar-refractivity contribution is 0.657. The Bertz CT molecular complexity index is 643. The minimum absolute atomic E-state index is 0.173. The summed E-state index contributed by atoms with van der Waals surface area (Å²) in [7, 11) is 0. The Morgan fingerprint density at radius 2 is 1.22 bits per heavy atom. The topological polar surface area (TPSA) is 0 Å². The summed E-state index contributed by atoms with van der Waals surface area (Å²) in [5.41, 5.74) is 12.2. The predicted molar refractivity (Wildman–Crippen MR) is 76.3 cm³/mol. The SMILES string of the molecule is Cc1cc2c3c(c1)C(C)(C)c1cc(C)cc(c1-3)C2. The molecule has 0 bridgehead atoms. The highest BCUT2D eigenvalue weighted by Gasteiger charge is 2.40. The Balaban J connectivity index is 2.20. The van der Waals surface area contributed by atoms with Crippen LogP contribution in [0.25, 0.3) is 11.1 Å². The van der Waals surface area contributed by atoms with Crippen LogP contribution in [0.15, 0.2) is 24.3 Å². The highest BCUT2D eigenvalue weighted by molar-refractivity contribution is 5.89. The van der Waals surface area contributed by atoms with E-state index in [-0.39, 0.29) is 5.41 Å². The van der Waals surface area contributed by atoms with Gasteiger partial charge in [0, 0.05) is 5.41 Å². The molecular weight excluding hydrogens is 216 g/mol. The van der Waals surface area contributed by atoms with E-state index in [9.17, 15) is 0 Å². The summed E-state index contributed by atoms with van der Waals surface area (Å²) in [5, 5.41) is 0. The maximum absolute atomic E-state index is 2.39. The first-order valence-corrected chi connectivity index (χ1v) is 6.77. The van der Waals surface area contributed by atoms with Gasteiger partial charge in [0.05, 0.1) is 0 Å². The second-order valence-corrected chi connectivity index (χ2v) is 6.49. The fourth-order valence-electron chi connectivity index (χ4n) is 3.93. The van der Waals surface area contributed by atoms with Gasteiger partial charge in [-0.15, -0.1) is 0 Å². The lowest BCUT2D eigenvalue weighted by Crippen LogP contribution is -2.16. The summed E-state index contributed by atoms with van der Waals surface area (Å²) < 4.78 is 0. The average Bonchev–Trinajstić information content (AvgIpc) is 2.72. The van der Waals surface area contributed by atoms with Crippen molar-refractivity contribution in [1.82, 2.24) is 0 Å². The van der Waals surface area contributed by atoms with Gasteiger partial charge >= 0.3 is 0 Å². The number of benzene rings is 2. The lowest BCUT2D eigenvalue weighted by atomic mass is 9.80. The minimum atomic E-state index is 0.173. The van der Waals surface area contributed by atoms with Gasteiger partial charge in [-0.05, 0) is 53.6 Å². The first kappa shape index (κ1) is 10.4. The van der Waals surface area contributed by atoms with Crippen LogP contribution in [0.4, 0.5) is 0 Å². The van der Waals surface area contributed by atoms with Gasteiger partial charge in [0.2, 0.25) is 0 Å². The van der Waals surface area contributed by atoms with Crippen molar-refractivity contribution in [3.63, 3.8) is 0 Å². The van der Waals surface area contributed by atoms with Crippen molar-refractivity contribution in [3.8, 4) is 11.1 Å². The van der Waals surface area contributed by atoms with Gasteiger partial charge in [-0.25, -0.2) is 0 Å². The Kier molecular flexibility index (Phi) is 1.66. The Labute approximate surface area is 109 Å². The summed E-state index contributed by atoms with van der Waals surface area (Å²) in [5.74, 6) is 0. The molecule has 0 radical (unpaired) electrons. The number of aryl methyl sites for hydroxylation is 2. The Morgan fingerprint density at radius 3 is 1.67 bits per heavy atom. The van der Waals surface area contributed by atoms with Crippen LogP contribution in [-0.2, 0) is 11.8 Å². The molecule has 0 N–H and O–H groups in total. The van der Waals surface area contributed by atoms with Crippen LogP contribution in [-0.4, -0.2) is 0 Å². The highest BCUT2D eigenvalue weighted by atomic mass is 14.4. The minimum Gasteiger partial charge on any atom is -0.0551 e. The van der Waals surface area contributed by atoms with E-state index in [0.717, 1.165) is 6.42 Å². The quantitative estimate of drug-likeness (QED) is 0.536. The van der Waals surface area contributed by atoms with Crippen LogP contribution in [0.3, 0.4) is 0 Å². The molecule has 90 valence electrons. The first-order valence-electron chi connectivity index (χ1n) is 6.77. The third-order valence-corrected chi connectivity index (χ3v) is 4.71. The molecule has 18 heavy (non-hydrogen) atoms. The van der Waals surface area contributed by atoms with E-state index in [1.54, 1.807) is 11.1 Å². The van der Waals surface area contributed by atoms with Crippen molar-refractivity contribution in [2.24, 2.45) is 0 Å². The van der Waals surface area contributed by atoms with Gasteiger partial charge in [-0.1, -0.05) is 49.2 Å². The van der Waals surface area contributed by atoms with E-state index in [2.05, 4.69) is 52.0 Å². The van der Waals surface area contributed by atoms with E-state index in [0.29, 0.717) is 0 Å². The van der Waals surface area contributed by atoms with Crippen molar-refractivity contribution in [1.29, 1.82) is 0 Å². The smallest absolute Gasteiger partial charge is 0.0159 e. The third kappa shape index (κ3) is 1.03. The molecule has 4 rings (SSSR count). The van der Waals surface area contributed by atoms with E-state index in [1.165, 1.54) is 33.4 Å². The second kappa shape index (κ2) is 2.88. The van der Waals surface area contributed by atoms with Gasteiger partial charge < -0.3 is 0 Å². The van der Waals surface area contributed by atoms with Gasteiger partial charge in [-0.2, -0.15) is 0 Å². The summed E-state index contributed by atoms with van der Waals surface area (Å²) in [6, 6.07) is 9.53. The largest absolute Gasteiger partial charge is 0.0551 e. The maximum Gasteiger partial charge on any atom is 0.0159 e. The first-order chi connectivity index (χ1) is 8.48. The molecule has 0 unspecified atom stereocenters. The van der Waals surface area contributed by atoms with Gasteiger partial charge in [0.15, 0.2) is 0 Å². The molecule has 2 aromatic rings. The molecule has 2 aliphatic rings. The summed E-state index contributed by atoms with van der Waals surface area (Å²) in [6.07, 6.45) is 1.13. The fourth-order valence-corrected chi connectivity index (χ4v) is 3.93. The molecule has 0 spiro atoms. The molecule has 0 atom stereocenters. The number of hydrogen-bond donors (Lipinski definition) is 0. The standard InChI is InChI=1S/C18H18/c1-10-5-12-9-13-6-11(2)8-15-17(13)16(12)14(7-10)18(15,3)4/h5-8H,9H2,1-4H3. The van der Waals surface area contributed by atoms with Crippen molar-refractivity contribution in [2.45, 2.75) is 39.5 Å². The van der Waals surface area contributed by atoms with Gasteiger partial charge in [0.25, 0.3) is 0 Å². The molecule has 0 aromatic heterocycles. The molecule has 0 aliphatic heterocycles. The average molecular weight is 234 g/mol. The second-order valence-electron chi connectivity index (χ2n) is 6.49. The van der Waals surface area contributed by atoms with Crippen molar-refractivity contribution < 1.29 is 0 Å². The van der Waals surface area contributed by atoms with Crippen LogP contribution in [0.2, 0.25) is 0 Å². The maximum atomic E-state index is 2.39. The molecule has 0 heterocycles. The summed E-state index contributed by atoms with van der Waals surface area (Å²) >= 11 is 0. The number of hydrogen-bond acceptors (Lipinski definition) is 0. The van der Waals surface area contributed by atoms with E-state index in [1.807, 2.05) is 0 Å². The normalized spacial score (nSPS) is 17.1. The monoisotopic (exact) mass is 234 g/mol. The number of rotatable bonds is 0. The van der Waals surface area contributed by atoms with Crippen LogP contribution in [0.1, 0.15) is 47.2 Å². The molecule has 0 amide bonds. The molecule has 0 heteroatoms. The van der Waals surface area contributed by atoms with Crippen LogP contribution < -0.4 is 0 Å². The molecule has 0 nitrogen and oxygen atoms in total. The summed E-state index contributed by atoms with van der Waals surface area (Å²) in [4.78, 5) is 0. The lowest BCUT2D eigenvalue weighted by Gasteiger charge is -2.24. The van der Waals surface area contributed by atoms with E-state index in [4.69, 9.17) is 0 Å². The van der Waals surface area contributed by atoms with Crippen molar-refractivity contribution in [2.75, 3.05) is 0 Å². The van der Waals surface area contributed by atoms with E-state index < -0.39 is 0 Å². The third-order valence-electron chi connectivity index (χ3n) is 4.71. The van der Waals surface area contributed by atoms with Crippen LogP contribution in [0.5, 0.6) is 0 Å². The zero-order valence-electron chi connectivity index (χ0n) is 11.5. The zero-order chi connectivity index (χ0) is 12.7. The van der Waals surface area contributed by atoms with Crippen LogP contribution >= 0.6 is 0 Å². The molecule has 0 saturated heterocycles. The van der Waals surface area contributed by atoms with Crippen LogP contribution in [0, 0.1) is 13.8 Å². The fraction of sp³-hybridized carbons (Fsp3) is 0.333. The highest BCUT2D eigenvalue weighted by Crippen LogP contribution is 2.55.